The first kappa shape index (κ1) is 19.2. The minimum atomic E-state index is -0.241. The molecule has 1 aromatic rings. The Morgan fingerprint density at radius 2 is 1.88 bits per heavy atom. The molecule has 0 bridgehead atoms. The number of morpholine rings is 1. The smallest absolute Gasteiger partial charge is 0.131 e. The molecule has 1 atom stereocenters. The predicted octanol–water partition coefficient (Wildman–Crippen LogP) is 1.88. The number of nitrogens with zero attached hydrogens (tertiary/aromatic N) is 3. The Balaban J connectivity index is 2.08. The van der Waals surface area contributed by atoms with Crippen molar-refractivity contribution in [1.82, 2.24) is 15.1 Å². The monoisotopic (exact) mass is 338 g/mol. The molecule has 6 heteroatoms. The molecule has 2 rings (SSSR count). The first-order chi connectivity index (χ1) is 11.4. The fraction of sp³-hybridized carbons (Fsp3) is 0.833. The van der Waals surface area contributed by atoms with Crippen molar-refractivity contribution in [3.63, 3.8) is 0 Å². The molecule has 0 radical (unpaired) electrons. The van der Waals surface area contributed by atoms with E-state index in [9.17, 15) is 5.11 Å². The minimum Gasteiger partial charge on any atom is -0.393 e. The summed E-state index contributed by atoms with van der Waals surface area (Å²) in [6.07, 6.45) is 0.539. The number of anilines is 1. The lowest BCUT2D eigenvalue weighted by molar-refractivity contribution is 0.116. The van der Waals surface area contributed by atoms with E-state index in [0.29, 0.717) is 11.8 Å². The van der Waals surface area contributed by atoms with Crippen LogP contribution in [0.25, 0.3) is 0 Å². The van der Waals surface area contributed by atoms with Crippen LogP contribution in [0.15, 0.2) is 0 Å². The quantitative estimate of drug-likeness (QED) is 0.709. The van der Waals surface area contributed by atoms with Gasteiger partial charge in [0.2, 0.25) is 0 Å². The van der Waals surface area contributed by atoms with Crippen LogP contribution in [-0.2, 0) is 18.3 Å². The Hall–Kier alpha value is -1.11. The molecule has 2 heterocycles. The first-order valence-electron chi connectivity index (χ1n) is 9.19. The lowest BCUT2D eigenvalue weighted by Gasteiger charge is -2.29. The third-order valence-corrected chi connectivity index (χ3v) is 4.69. The number of aliphatic hydroxyl groups is 1. The van der Waals surface area contributed by atoms with Crippen LogP contribution in [-0.4, -0.2) is 53.8 Å². The van der Waals surface area contributed by atoms with E-state index in [4.69, 9.17) is 9.84 Å². The van der Waals surface area contributed by atoms with Crippen LogP contribution in [0.5, 0.6) is 0 Å². The Bertz CT molecular complexity index is 507. The van der Waals surface area contributed by atoms with Crippen molar-refractivity contribution in [2.45, 2.75) is 52.7 Å². The van der Waals surface area contributed by atoms with Crippen LogP contribution in [0.1, 0.15) is 51.3 Å². The number of hydrogen-bond donors (Lipinski definition) is 2. The van der Waals surface area contributed by atoms with Gasteiger partial charge in [0.1, 0.15) is 5.82 Å². The minimum absolute atomic E-state index is 0.241. The molecule has 1 fully saturated rings. The summed E-state index contributed by atoms with van der Waals surface area (Å²) < 4.78 is 7.50. The van der Waals surface area contributed by atoms with E-state index in [0.717, 1.165) is 51.5 Å². The zero-order valence-electron chi connectivity index (χ0n) is 15.9. The van der Waals surface area contributed by atoms with Gasteiger partial charge >= 0.3 is 0 Å². The first-order valence-corrected chi connectivity index (χ1v) is 9.19. The second kappa shape index (κ2) is 8.83. The van der Waals surface area contributed by atoms with Gasteiger partial charge < -0.3 is 20.1 Å². The number of aromatic nitrogens is 2. The van der Waals surface area contributed by atoms with Crippen molar-refractivity contribution in [1.29, 1.82) is 0 Å². The predicted molar refractivity (Wildman–Crippen MR) is 97.5 cm³/mol. The highest BCUT2D eigenvalue weighted by molar-refractivity contribution is 5.51. The zero-order chi connectivity index (χ0) is 17.7. The Morgan fingerprint density at radius 1 is 1.21 bits per heavy atom. The van der Waals surface area contributed by atoms with Crippen molar-refractivity contribution in [2.75, 3.05) is 37.7 Å². The zero-order valence-corrected chi connectivity index (χ0v) is 15.9. The van der Waals surface area contributed by atoms with Crippen molar-refractivity contribution < 1.29 is 9.84 Å². The number of aliphatic hydroxyl groups excluding tert-OH is 1. The van der Waals surface area contributed by atoms with Gasteiger partial charge in [-0.1, -0.05) is 27.7 Å². The van der Waals surface area contributed by atoms with Crippen LogP contribution in [0.4, 0.5) is 5.82 Å². The van der Waals surface area contributed by atoms with Gasteiger partial charge in [-0.05, 0) is 24.8 Å². The van der Waals surface area contributed by atoms with Gasteiger partial charge in [0.15, 0.2) is 0 Å². The van der Waals surface area contributed by atoms with Gasteiger partial charge in [-0.15, -0.1) is 0 Å². The molecular weight excluding hydrogens is 304 g/mol. The largest absolute Gasteiger partial charge is 0.393 e. The maximum absolute atomic E-state index is 9.95. The molecule has 1 unspecified atom stereocenters. The van der Waals surface area contributed by atoms with Crippen molar-refractivity contribution in [3.05, 3.63) is 11.3 Å². The summed E-state index contributed by atoms with van der Waals surface area (Å²) in [5.74, 6) is 1.91. The fourth-order valence-electron chi connectivity index (χ4n) is 3.18. The number of ether oxygens (including phenoxy) is 1. The molecule has 0 saturated carbocycles. The lowest BCUT2D eigenvalue weighted by atomic mass is 10.0. The molecule has 2 N–H and O–H groups in total. The highest BCUT2D eigenvalue weighted by atomic mass is 16.5. The average Bonchev–Trinajstić information content (AvgIpc) is 2.88. The Kier molecular flexibility index (Phi) is 7.07. The average molecular weight is 338 g/mol. The standard InChI is InChI=1S/C18H34N4O2/c1-13(2)16(23)6-7-19-12-15-17(14(3)4)20-21(5)18(15)22-8-10-24-11-9-22/h13-14,16,19,23H,6-12H2,1-5H3. The molecule has 138 valence electrons. The SMILES string of the molecule is CC(C)c1nn(C)c(N2CCOCC2)c1CNCCC(O)C(C)C. The van der Waals surface area contributed by atoms with E-state index in [1.165, 1.54) is 11.4 Å². The van der Waals surface area contributed by atoms with Gasteiger partial charge in [0, 0.05) is 32.2 Å². The third-order valence-electron chi connectivity index (χ3n) is 4.69. The molecule has 0 aromatic carbocycles. The Morgan fingerprint density at radius 3 is 2.46 bits per heavy atom. The second-order valence-corrected chi connectivity index (χ2v) is 7.34. The van der Waals surface area contributed by atoms with Crippen LogP contribution >= 0.6 is 0 Å². The van der Waals surface area contributed by atoms with E-state index in [1.807, 2.05) is 11.7 Å². The number of nitrogens with one attached hydrogen (secondary N) is 1. The van der Waals surface area contributed by atoms with Crippen molar-refractivity contribution >= 4 is 5.82 Å². The molecule has 0 spiro atoms. The third kappa shape index (κ3) is 4.71. The molecule has 1 aliphatic heterocycles. The van der Waals surface area contributed by atoms with Gasteiger partial charge in [0.05, 0.1) is 25.0 Å². The molecule has 1 aromatic heterocycles. The summed E-state index contributed by atoms with van der Waals surface area (Å²) in [4.78, 5) is 2.38. The van der Waals surface area contributed by atoms with Crippen LogP contribution in [0, 0.1) is 5.92 Å². The molecule has 1 saturated heterocycles. The van der Waals surface area contributed by atoms with E-state index in [1.54, 1.807) is 0 Å². The van der Waals surface area contributed by atoms with Crippen LogP contribution in [0.3, 0.4) is 0 Å². The number of aryl methyl sites for hydroxylation is 1. The molecule has 1 aliphatic rings. The summed E-state index contributed by atoms with van der Waals surface area (Å²) in [5, 5.41) is 18.2. The molecule has 6 nitrogen and oxygen atoms in total. The maximum atomic E-state index is 9.95. The van der Waals surface area contributed by atoms with Gasteiger partial charge in [0.25, 0.3) is 0 Å². The Labute approximate surface area is 146 Å². The summed E-state index contributed by atoms with van der Waals surface area (Å²) >= 11 is 0. The molecular formula is C18H34N4O2. The van der Waals surface area contributed by atoms with Gasteiger partial charge in [-0.25, -0.2) is 0 Å². The maximum Gasteiger partial charge on any atom is 0.131 e. The van der Waals surface area contributed by atoms with Gasteiger partial charge in [-0.3, -0.25) is 4.68 Å². The van der Waals surface area contributed by atoms with E-state index >= 15 is 0 Å². The molecule has 0 amide bonds. The highest BCUT2D eigenvalue weighted by Gasteiger charge is 2.24. The van der Waals surface area contributed by atoms with E-state index < -0.39 is 0 Å². The summed E-state index contributed by atoms with van der Waals surface area (Å²) in [5.41, 5.74) is 2.45. The highest BCUT2D eigenvalue weighted by Crippen LogP contribution is 2.28. The van der Waals surface area contributed by atoms with Crippen molar-refractivity contribution in [2.24, 2.45) is 13.0 Å². The topological polar surface area (TPSA) is 62.5 Å². The normalized spacial score (nSPS) is 17.1. The van der Waals surface area contributed by atoms with Gasteiger partial charge in [-0.2, -0.15) is 5.10 Å². The summed E-state index contributed by atoms with van der Waals surface area (Å²) in [6, 6.07) is 0. The van der Waals surface area contributed by atoms with E-state index in [-0.39, 0.29) is 6.10 Å². The van der Waals surface area contributed by atoms with Crippen LogP contribution in [0.2, 0.25) is 0 Å². The number of rotatable bonds is 8. The summed E-state index contributed by atoms with van der Waals surface area (Å²) in [7, 11) is 2.03. The van der Waals surface area contributed by atoms with Crippen LogP contribution < -0.4 is 10.2 Å². The van der Waals surface area contributed by atoms with Crippen molar-refractivity contribution in [3.8, 4) is 0 Å². The molecule has 0 aliphatic carbocycles. The fourth-order valence-corrected chi connectivity index (χ4v) is 3.18. The van der Waals surface area contributed by atoms with E-state index in [2.05, 4.69) is 37.9 Å². The second-order valence-electron chi connectivity index (χ2n) is 7.34. The summed E-state index contributed by atoms with van der Waals surface area (Å²) in [6.45, 7) is 13.5. The molecule has 24 heavy (non-hydrogen) atoms. The lowest BCUT2D eigenvalue weighted by Crippen LogP contribution is -2.38. The number of hydrogen-bond acceptors (Lipinski definition) is 5.